The molecule has 156 valence electrons. The number of nitrogens with zero attached hydrogens (tertiary/aromatic N) is 2. The molecule has 1 amide bonds. The van der Waals surface area contributed by atoms with E-state index in [4.69, 9.17) is 9.47 Å². The van der Waals surface area contributed by atoms with Crippen LogP contribution in [0.15, 0.2) is 48.5 Å². The van der Waals surface area contributed by atoms with E-state index in [0.29, 0.717) is 23.7 Å². The van der Waals surface area contributed by atoms with E-state index in [1.807, 2.05) is 53.4 Å². The Hall–Kier alpha value is -3.28. The Morgan fingerprint density at radius 2 is 1.87 bits per heavy atom. The molecule has 1 aliphatic rings. The van der Waals surface area contributed by atoms with Gasteiger partial charge in [0, 0.05) is 29.3 Å². The van der Waals surface area contributed by atoms with Crippen LogP contribution in [0.25, 0.3) is 11.3 Å². The van der Waals surface area contributed by atoms with Crippen LogP contribution in [0.3, 0.4) is 0 Å². The van der Waals surface area contributed by atoms with Crippen molar-refractivity contribution in [3.05, 3.63) is 65.4 Å². The quantitative estimate of drug-likeness (QED) is 0.545. The predicted octanol–water partition coefficient (Wildman–Crippen LogP) is 4.83. The summed E-state index contributed by atoms with van der Waals surface area (Å²) in [6, 6.07) is 15.5. The van der Waals surface area contributed by atoms with Crippen LogP contribution in [-0.2, 0) is 0 Å². The number of hydrogen-bond acceptors (Lipinski definition) is 4. The Labute approximate surface area is 176 Å². The van der Waals surface area contributed by atoms with Gasteiger partial charge in [0.2, 0.25) is 0 Å². The molecule has 2 heterocycles. The summed E-state index contributed by atoms with van der Waals surface area (Å²) in [6.07, 6.45) is 3.13. The Morgan fingerprint density at radius 3 is 2.57 bits per heavy atom. The predicted molar refractivity (Wildman–Crippen MR) is 116 cm³/mol. The minimum absolute atomic E-state index is 0.0151. The number of ether oxygens (including phenoxy) is 2. The zero-order valence-electron chi connectivity index (χ0n) is 17.6. The summed E-state index contributed by atoms with van der Waals surface area (Å²) in [5.74, 6) is 1.40. The van der Waals surface area contributed by atoms with E-state index in [9.17, 15) is 4.79 Å². The van der Waals surface area contributed by atoms with Gasteiger partial charge in [0.05, 0.1) is 26.0 Å². The number of carbonyl (C=O) groups is 1. The molecule has 30 heavy (non-hydrogen) atoms. The molecule has 1 unspecified atom stereocenters. The Bertz CT molecular complexity index is 1030. The Balaban J connectivity index is 1.86. The summed E-state index contributed by atoms with van der Waals surface area (Å²) in [5.41, 5.74) is 4.19. The highest BCUT2D eigenvalue weighted by Crippen LogP contribution is 2.46. The number of methoxy groups -OCH3 is 2. The van der Waals surface area contributed by atoms with Crippen LogP contribution in [0.1, 0.15) is 53.8 Å². The lowest BCUT2D eigenvalue weighted by atomic mass is 9.95. The van der Waals surface area contributed by atoms with Gasteiger partial charge in [-0.05, 0) is 18.6 Å². The Kier molecular flexibility index (Phi) is 5.74. The number of unbranched alkanes of at least 4 members (excludes halogenated alkanes) is 2. The molecule has 6 nitrogen and oxygen atoms in total. The summed E-state index contributed by atoms with van der Waals surface area (Å²) in [4.78, 5) is 15.3. The second kappa shape index (κ2) is 8.61. The first-order valence-electron chi connectivity index (χ1n) is 10.4. The van der Waals surface area contributed by atoms with Gasteiger partial charge in [0.1, 0.15) is 17.2 Å². The minimum Gasteiger partial charge on any atom is -0.497 e. The normalized spacial score (nSPS) is 15.4. The Morgan fingerprint density at radius 1 is 1.07 bits per heavy atom. The maximum Gasteiger partial charge on any atom is 0.273 e. The standard InChI is InChI=1S/C24H27N3O3/c1-4-5-9-14-27-23(18-13-12-17(29-2)15-19(18)30-3)20-21(16-10-7-6-8-11-16)25-26-22(20)24(27)28/h6-8,10-13,15,23H,4-5,9,14H2,1-3H3,(H,25,26). The van der Waals surface area contributed by atoms with E-state index < -0.39 is 0 Å². The monoisotopic (exact) mass is 405 g/mol. The van der Waals surface area contributed by atoms with Gasteiger partial charge in [0.25, 0.3) is 5.91 Å². The summed E-state index contributed by atoms with van der Waals surface area (Å²) in [6.45, 7) is 2.85. The van der Waals surface area contributed by atoms with Crippen LogP contribution >= 0.6 is 0 Å². The SMILES string of the molecule is CCCCCN1C(=O)c2[nH]nc(-c3ccccc3)c2C1c1ccc(OC)cc1OC. The van der Waals surface area contributed by atoms with Crippen LogP contribution in [-0.4, -0.2) is 41.8 Å². The largest absolute Gasteiger partial charge is 0.497 e. The van der Waals surface area contributed by atoms with Gasteiger partial charge in [0.15, 0.2) is 0 Å². The average Bonchev–Trinajstić information content (AvgIpc) is 3.33. The number of benzene rings is 2. The van der Waals surface area contributed by atoms with E-state index in [1.54, 1.807) is 14.2 Å². The van der Waals surface area contributed by atoms with Crippen molar-refractivity contribution in [2.24, 2.45) is 0 Å². The van der Waals surface area contributed by atoms with Crippen molar-refractivity contribution < 1.29 is 14.3 Å². The zero-order chi connectivity index (χ0) is 21.1. The van der Waals surface area contributed by atoms with Crippen molar-refractivity contribution in [2.75, 3.05) is 20.8 Å². The summed E-state index contributed by atoms with van der Waals surface area (Å²) < 4.78 is 11.1. The van der Waals surface area contributed by atoms with Gasteiger partial charge in [-0.25, -0.2) is 0 Å². The first-order chi connectivity index (χ1) is 14.7. The minimum atomic E-state index is -0.265. The molecule has 4 rings (SSSR count). The van der Waals surface area contributed by atoms with Crippen molar-refractivity contribution >= 4 is 5.91 Å². The third-order valence-electron chi connectivity index (χ3n) is 5.65. The van der Waals surface area contributed by atoms with Gasteiger partial charge in [-0.3, -0.25) is 9.89 Å². The second-order valence-electron chi connectivity index (χ2n) is 7.44. The van der Waals surface area contributed by atoms with Crippen LogP contribution in [0.2, 0.25) is 0 Å². The molecule has 0 radical (unpaired) electrons. The molecule has 1 aromatic heterocycles. The van der Waals surface area contributed by atoms with E-state index in [1.165, 1.54) is 0 Å². The smallest absolute Gasteiger partial charge is 0.273 e. The average molecular weight is 405 g/mol. The van der Waals surface area contributed by atoms with Crippen molar-refractivity contribution in [2.45, 2.75) is 32.2 Å². The maximum atomic E-state index is 13.3. The lowest BCUT2D eigenvalue weighted by Crippen LogP contribution is -2.30. The van der Waals surface area contributed by atoms with Gasteiger partial charge in [-0.15, -0.1) is 0 Å². The van der Waals surface area contributed by atoms with Gasteiger partial charge >= 0.3 is 0 Å². The van der Waals surface area contributed by atoms with Crippen molar-refractivity contribution in [1.82, 2.24) is 15.1 Å². The number of fused-ring (bicyclic) bond motifs is 1. The fourth-order valence-corrected chi connectivity index (χ4v) is 4.14. The van der Waals surface area contributed by atoms with Gasteiger partial charge in [-0.1, -0.05) is 50.1 Å². The van der Waals surface area contributed by atoms with Crippen molar-refractivity contribution in [3.63, 3.8) is 0 Å². The number of aromatic amines is 1. The number of H-pyrrole nitrogens is 1. The van der Waals surface area contributed by atoms with Crippen LogP contribution in [0.4, 0.5) is 0 Å². The lowest BCUT2D eigenvalue weighted by Gasteiger charge is -2.27. The summed E-state index contributed by atoms with van der Waals surface area (Å²) >= 11 is 0. The zero-order valence-corrected chi connectivity index (χ0v) is 17.6. The third kappa shape index (κ3) is 3.43. The van der Waals surface area contributed by atoms with Crippen molar-refractivity contribution in [3.8, 4) is 22.8 Å². The van der Waals surface area contributed by atoms with E-state index in [0.717, 1.165) is 41.6 Å². The number of nitrogens with one attached hydrogen (secondary N) is 1. The second-order valence-corrected chi connectivity index (χ2v) is 7.44. The maximum absolute atomic E-state index is 13.3. The first-order valence-corrected chi connectivity index (χ1v) is 10.4. The van der Waals surface area contributed by atoms with Crippen LogP contribution in [0.5, 0.6) is 11.5 Å². The van der Waals surface area contributed by atoms with Crippen LogP contribution < -0.4 is 9.47 Å². The van der Waals surface area contributed by atoms with E-state index >= 15 is 0 Å². The highest BCUT2D eigenvalue weighted by molar-refractivity contribution is 6.00. The first kappa shape index (κ1) is 20.0. The molecule has 1 atom stereocenters. The molecule has 3 aromatic rings. The third-order valence-corrected chi connectivity index (χ3v) is 5.65. The molecule has 0 fully saturated rings. The summed E-state index contributed by atoms with van der Waals surface area (Å²) in [5, 5.41) is 7.52. The molecule has 0 saturated heterocycles. The van der Waals surface area contributed by atoms with Crippen molar-refractivity contribution in [1.29, 1.82) is 0 Å². The van der Waals surface area contributed by atoms with Crippen LogP contribution in [0, 0.1) is 0 Å². The molecule has 2 aromatic carbocycles. The fourth-order valence-electron chi connectivity index (χ4n) is 4.14. The van der Waals surface area contributed by atoms with E-state index in [2.05, 4.69) is 17.1 Å². The highest BCUT2D eigenvalue weighted by atomic mass is 16.5. The number of hydrogen-bond donors (Lipinski definition) is 1. The molecule has 1 aliphatic heterocycles. The molecule has 0 saturated carbocycles. The molecular weight excluding hydrogens is 378 g/mol. The number of carbonyl (C=O) groups excluding carboxylic acids is 1. The molecule has 0 spiro atoms. The lowest BCUT2D eigenvalue weighted by molar-refractivity contribution is 0.0739. The molecule has 1 N–H and O–H groups in total. The molecule has 6 heteroatoms. The van der Waals surface area contributed by atoms with E-state index in [-0.39, 0.29) is 11.9 Å². The highest BCUT2D eigenvalue weighted by Gasteiger charge is 2.43. The molecular formula is C24H27N3O3. The summed E-state index contributed by atoms with van der Waals surface area (Å²) in [7, 11) is 3.27. The number of aromatic nitrogens is 2. The number of amides is 1. The topological polar surface area (TPSA) is 67.5 Å². The van der Waals surface area contributed by atoms with Gasteiger partial charge < -0.3 is 14.4 Å². The molecule has 0 aliphatic carbocycles. The van der Waals surface area contributed by atoms with Gasteiger partial charge in [-0.2, -0.15) is 5.10 Å². The fraction of sp³-hybridized carbons (Fsp3) is 0.333. The number of rotatable bonds is 8. The molecule has 0 bridgehead atoms.